The van der Waals surface area contributed by atoms with Gasteiger partial charge in [0.15, 0.2) is 18.0 Å². The number of hydrogen-bond donors (Lipinski definition) is 0. The zero-order valence-electron chi connectivity index (χ0n) is 6.30. The summed E-state index contributed by atoms with van der Waals surface area (Å²) in [6.45, 7) is 2.77. The maximum Gasteiger partial charge on any atom is 0.510 e. The SMILES string of the molecule is CC(=O)C(C)OC(=O)OCCl. The molecule has 0 aliphatic carbocycles. The maximum absolute atomic E-state index is 10.5. The largest absolute Gasteiger partial charge is 0.510 e. The van der Waals surface area contributed by atoms with Crippen LogP contribution in [0, 0.1) is 0 Å². The number of alkyl halides is 1. The van der Waals surface area contributed by atoms with E-state index >= 15 is 0 Å². The fourth-order valence-corrected chi connectivity index (χ4v) is 0.395. The van der Waals surface area contributed by atoms with E-state index in [4.69, 9.17) is 11.6 Å². The van der Waals surface area contributed by atoms with Crippen molar-refractivity contribution in [3.63, 3.8) is 0 Å². The van der Waals surface area contributed by atoms with Gasteiger partial charge >= 0.3 is 6.16 Å². The van der Waals surface area contributed by atoms with E-state index < -0.39 is 12.3 Å². The molecule has 0 saturated carbocycles. The van der Waals surface area contributed by atoms with Crippen LogP contribution in [0.2, 0.25) is 0 Å². The number of carbonyl (C=O) groups excluding carboxylic acids is 2. The van der Waals surface area contributed by atoms with Crippen LogP contribution in [-0.4, -0.2) is 24.1 Å². The second-order valence-electron chi connectivity index (χ2n) is 1.87. The van der Waals surface area contributed by atoms with Gasteiger partial charge in [-0.2, -0.15) is 0 Å². The third kappa shape index (κ3) is 4.61. The molecule has 11 heavy (non-hydrogen) atoms. The third-order valence-corrected chi connectivity index (χ3v) is 1.13. The van der Waals surface area contributed by atoms with Crippen molar-refractivity contribution in [3.8, 4) is 0 Å². The Morgan fingerprint density at radius 1 is 1.55 bits per heavy atom. The molecule has 0 aliphatic heterocycles. The van der Waals surface area contributed by atoms with Crippen LogP contribution in [0.5, 0.6) is 0 Å². The molecule has 4 nitrogen and oxygen atoms in total. The lowest BCUT2D eigenvalue weighted by Crippen LogP contribution is -2.22. The summed E-state index contributed by atoms with van der Waals surface area (Å²) in [7, 11) is 0. The van der Waals surface area contributed by atoms with Gasteiger partial charge in [0.05, 0.1) is 0 Å². The van der Waals surface area contributed by atoms with Crippen molar-refractivity contribution in [1.82, 2.24) is 0 Å². The second-order valence-corrected chi connectivity index (χ2v) is 2.09. The zero-order valence-corrected chi connectivity index (χ0v) is 7.05. The van der Waals surface area contributed by atoms with E-state index in [-0.39, 0.29) is 11.8 Å². The smallest absolute Gasteiger partial charge is 0.423 e. The van der Waals surface area contributed by atoms with Crippen LogP contribution in [0.15, 0.2) is 0 Å². The van der Waals surface area contributed by atoms with E-state index in [0.717, 1.165) is 0 Å². The van der Waals surface area contributed by atoms with Crippen LogP contribution >= 0.6 is 11.6 Å². The Hall–Kier alpha value is -0.770. The molecule has 0 spiro atoms. The summed E-state index contributed by atoms with van der Waals surface area (Å²) in [6.07, 6.45) is -1.70. The standard InChI is InChI=1S/C6H9ClO4/c1-4(8)5(2)11-6(9)10-3-7/h5H,3H2,1-2H3. The molecule has 0 heterocycles. The summed E-state index contributed by atoms with van der Waals surface area (Å²) in [5, 5.41) is 0. The molecule has 0 amide bonds. The summed E-state index contributed by atoms with van der Waals surface area (Å²) in [5.74, 6) is -0.239. The zero-order chi connectivity index (χ0) is 8.85. The predicted molar refractivity (Wildman–Crippen MR) is 38.4 cm³/mol. The van der Waals surface area contributed by atoms with Crippen molar-refractivity contribution in [3.05, 3.63) is 0 Å². The van der Waals surface area contributed by atoms with Gasteiger partial charge < -0.3 is 9.47 Å². The average molecular weight is 181 g/mol. The molecule has 1 atom stereocenters. The fourth-order valence-electron chi connectivity index (χ4n) is 0.306. The van der Waals surface area contributed by atoms with E-state index in [9.17, 15) is 9.59 Å². The van der Waals surface area contributed by atoms with Gasteiger partial charge in [0, 0.05) is 0 Å². The molecule has 0 aromatic heterocycles. The van der Waals surface area contributed by atoms with E-state index in [1.807, 2.05) is 0 Å². The number of Topliss-reactive ketones (excluding diaryl/α,β-unsaturated/α-hetero) is 1. The normalized spacial score (nSPS) is 11.9. The minimum atomic E-state index is -0.928. The molecule has 0 saturated heterocycles. The Morgan fingerprint density at radius 2 is 2.09 bits per heavy atom. The van der Waals surface area contributed by atoms with Crippen molar-refractivity contribution in [2.75, 3.05) is 6.07 Å². The first-order valence-corrected chi connectivity index (χ1v) is 3.51. The lowest BCUT2D eigenvalue weighted by atomic mass is 10.3. The molecule has 0 aromatic carbocycles. The highest BCUT2D eigenvalue weighted by Crippen LogP contribution is 1.95. The topological polar surface area (TPSA) is 52.6 Å². The maximum atomic E-state index is 10.5. The highest BCUT2D eigenvalue weighted by atomic mass is 35.5. The lowest BCUT2D eigenvalue weighted by molar-refractivity contribution is -0.125. The Kier molecular flexibility index (Phi) is 4.61. The van der Waals surface area contributed by atoms with Crippen LogP contribution in [0.3, 0.4) is 0 Å². The first-order valence-electron chi connectivity index (χ1n) is 2.97. The molecule has 0 fully saturated rings. The van der Waals surface area contributed by atoms with Crippen molar-refractivity contribution in [2.45, 2.75) is 20.0 Å². The number of hydrogen-bond acceptors (Lipinski definition) is 4. The molecular weight excluding hydrogens is 172 g/mol. The Bertz CT molecular complexity index is 157. The molecule has 0 rings (SSSR count). The van der Waals surface area contributed by atoms with Crippen molar-refractivity contribution < 1.29 is 19.1 Å². The van der Waals surface area contributed by atoms with Crippen molar-refractivity contribution in [1.29, 1.82) is 0 Å². The summed E-state index contributed by atoms with van der Waals surface area (Å²) in [5.41, 5.74) is 0. The van der Waals surface area contributed by atoms with Crippen LogP contribution in [0.4, 0.5) is 4.79 Å². The predicted octanol–water partition coefficient (Wildman–Crippen LogP) is 1.31. The first kappa shape index (κ1) is 10.2. The van der Waals surface area contributed by atoms with Crippen molar-refractivity contribution in [2.24, 2.45) is 0 Å². The average Bonchev–Trinajstić information content (AvgIpc) is 1.87. The highest BCUT2D eigenvalue weighted by Gasteiger charge is 2.13. The van der Waals surface area contributed by atoms with Gasteiger partial charge in [-0.05, 0) is 13.8 Å². The summed E-state index contributed by atoms with van der Waals surface area (Å²) in [4.78, 5) is 21.0. The second kappa shape index (κ2) is 4.96. The molecule has 0 radical (unpaired) electrons. The number of rotatable bonds is 3. The summed E-state index contributed by atoms with van der Waals surface area (Å²) < 4.78 is 8.67. The third-order valence-electron chi connectivity index (χ3n) is 1.02. The van der Waals surface area contributed by atoms with Crippen LogP contribution < -0.4 is 0 Å². The Morgan fingerprint density at radius 3 is 2.45 bits per heavy atom. The molecule has 0 aliphatic rings. The van der Waals surface area contributed by atoms with Gasteiger partial charge in [-0.3, -0.25) is 4.79 Å². The monoisotopic (exact) mass is 180 g/mol. The molecule has 1 unspecified atom stereocenters. The molecule has 0 bridgehead atoms. The summed E-state index contributed by atoms with van der Waals surface area (Å²) >= 11 is 5.05. The van der Waals surface area contributed by atoms with Gasteiger partial charge in [0.1, 0.15) is 0 Å². The fraction of sp³-hybridized carbons (Fsp3) is 0.667. The molecule has 0 aromatic rings. The number of carbonyl (C=O) groups is 2. The van der Waals surface area contributed by atoms with E-state index in [1.54, 1.807) is 0 Å². The molecule has 64 valence electrons. The number of halogens is 1. The Labute approximate surface area is 69.4 Å². The summed E-state index contributed by atoms with van der Waals surface area (Å²) in [6, 6.07) is -0.274. The van der Waals surface area contributed by atoms with Crippen molar-refractivity contribution >= 4 is 23.5 Å². The quantitative estimate of drug-likeness (QED) is 0.486. The van der Waals surface area contributed by atoms with Gasteiger partial charge in [-0.1, -0.05) is 11.6 Å². The minimum absolute atomic E-state index is 0.239. The number of ketones is 1. The molecular formula is C6H9ClO4. The van der Waals surface area contributed by atoms with Gasteiger partial charge in [-0.25, -0.2) is 4.79 Å². The van der Waals surface area contributed by atoms with Crippen LogP contribution in [-0.2, 0) is 14.3 Å². The number of ether oxygens (including phenoxy) is 2. The van der Waals surface area contributed by atoms with Crippen LogP contribution in [0.25, 0.3) is 0 Å². The lowest BCUT2D eigenvalue weighted by Gasteiger charge is -2.07. The van der Waals surface area contributed by atoms with E-state index in [2.05, 4.69) is 9.47 Å². The van der Waals surface area contributed by atoms with Gasteiger partial charge in [0.25, 0.3) is 0 Å². The Balaban J connectivity index is 3.66. The minimum Gasteiger partial charge on any atom is -0.423 e. The molecule has 5 heteroatoms. The van der Waals surface area contributed by atoms with E-state index in [0.29, 0.717) is 0 Å². The van der Waals surface area contributed by atoms with Gasteiger partial charge in [-0.15, -0.1) is 0 Å². The van der Waals surface area contributed by atoms with Gasteiger partial charge in [0.2, 0.25) is 0 Å². The first-order chi connectivity index (χ1) is 5.07. The highest BCUT2D eigenvalue weighted by molar-refractivity contribution is 6.17. The van der Waals surface area contributed by atoms with E-state index in [1.165, 1.54) is 13.8 Å². The molecule has 0 N–H and O–H groups in total. The van der Waals surface area contributed by atoms with Crippen LogP contribution in [0.1, 0.15) is 13.8 Å².